The number of amides is 3. The zero-order chi connectivity index (χ0) is 15.2. The molecule has 0 fully saturated rings. The monoisotopic (exact) mass is 303 g/mol. The molecule has 0 saturated carbocycles. The third-order valence-electron chi connectivity index (χ3n) is 3.06. The molecule has 0 unspecified atom stereocenters. The van der Waals surface area contributed by atoms with Crippen LogP contribution in [0.4, 0.5) is 10.5 Å². The number of carbonyl (C=O) groups excluding carboxylic acids is 2. The van der Waals surface area contributed by atoms with Gasteiger partial charge in [-0.05, 0) is 36.1 Å². The largest absolute Gasteiger partial charge is 0.355 e. The van der Waals surface area contributed by atoms with Gasteiger partial charge < -0.3 is 16.0 Å². The molecule has 0 atom stereocenters. The minimum atomic E-state index is -0.291. The standard InChI is InChI=1S/C15H17N3O2S/c1-10-12(14(19)16-2)6-3-7-13(10)18-15(20)17-9-11-5-4-8-21-11/h3-8H,9H2,1-2H3,(H,16,19)(H2,17,18,20). The molecule has 0 aliphatic rings. The van der Waals surface area contributed by atoms with Crippen molar-refractivity contribution >= 4 is 29.0 Å². The van der Waals surface area contributed by atoms with E-state index in [4.69, 9.17) is 0 Å². The zero-order valence-electron chi connectivity index (χ0n) is 11.9. The smallest absolute Gasteiger partial charge is 0.319 e. The Kier molecular flexibility index (Phi) is 4.94. The topological polar surface area (TPSA) is 70.2 Å². The lowest BCUT2D eigenvalue weighted by Crippen LogP contribution is -2.28. The van der Waals surface area contributed by atoms with Gasteiger partial charge in [-0.25, -0.2) is 4.79 Å². The van der Waals surface area contributed by atoms with Gasteiger partial charge in [0.15, 0.2) is 0 Å². The highest BCUT2D eigenvalue weighted by atomic mass is 32.1. The zero-order valence-corrected chi connectivity index (χ0v) is 12.7. The third kappa shape index (κ3) is 3.82. The fraction of sp³-hybridized carbons (Fsp3) is 0.200. The molecule has 2 aromatic rings. The molecule has 0 bridgehead atoms. The van der Waals surface area contributed by atoms with Crippen molar-refractivity contribution in [3.63, 3.8) is 0 Å². The molecule has 2 rings (SSSR count). The maximum absolute atomic E-state index is 11.9. The van der Waals surface area contributed by atoms with E-state index < -0.39 is 0 Å². The Bertz CT molecular complexity index is 638. The Hall–Kier alpha value is -2.34. The van der Waals surface area contributed by atoms with Crippen molar-refractivity contribution in [1.82, 2.24) is 10.6 Å². The Morgan fingerprint density at radius 3 is 2.67 bits per heavy atom. The van der Waals surface area contributed by atoms with Gasteiger partial charge in [-0.1, -0.05) is 12.1 Å². The highest BCUT2D eigenvalue weighted by molar-refractivity contribution is 7.09. The number of anilines is 1. The van der Waals surface area contributed by atoms with E-state index in [1.54, 1.807) is 43.5 Å². The highest BCUT2D eigenvalue weighted by Gasteiger charge is 2.11. The van der Waals surface area contributed by atoms with Crippen LogP contribution in [0.5, 0.6) is 0 Å². The van der Waals surface area contributed by atoms with Gasteiger partial charge in [0.1, 0.15) is 0 Å². The van der Waals surface area contributed by atoms with Crippen molar-refractivity contribution in [3.05, 3.63) is 51.7 Å². The molecule has 0 saturated heterocycles. The van der Waals surface area contributed by atoms with Gasteiger partial charge >= 0.3 is 6.03 Å². The van der Waals surface area contributed by atoms with Gasteiger partial charge in [0.05, 0.1) is 6.54 Å². The van der Waals surface area contributed by atoms with E-state index in [2.05, 4.69) is 16.0 Å². The van der Waals surface area contributed by atoms with E-state index in [9.17, 15) is 9.59 Å². The van der Waals surface area contributed by atoms with Crippen molar-refractivity contribution in [2.75, 3.05) is 12.4 Å². The summed E-state index contributed by atoms with van der Waals surface area (Å²) in [5, 5.41) is 10.1. The summed E-state index contributed by atoms with van der Waals surface area (Å²) in [5.74, 6) is -0.171. The summed E-state index contributed by atoms with van der Waals surface area (Å²) < 4.78 is 0. The number of nitrogens with one attached hydrogen (secondary N) is 3. The van der Waals surface area contributed by atoms with Crippen molar-refractivity contribution < 1.29 is 9.59 Å². The molecule has 3 N–H and O–H groups in total. The van der Waals surface area contributed by atoms with E-state index in [0.29, 0.717) is 17.8 Å². The second-order valence-electron chi connectivity index (χ2n) is 4.44. The molecule has 0 aliphatic heterocycles. The van der Waals surface area contributed by atoms with Crippen molar-refractivity contribution in [2.24, 2.45) is 0 Å². The summed E-state index contributed by atoms with van der Waals surface area (Å²) >= 11 is 1.59. The minimum absolute atomic E-state index is 0.171. The summed E-state index contributed by atoms with van der Waals surface area (Å²) in [6.07, 6.45) is 0. The van der Waals surface area contributed by atoms with Crippen LogP contribution in [0.15, 0.2) is 35.7 Å². The number of carbonyl (C=O) groups is 2. The average molecular weight is 303 g/mol. The molecular formula is C15H17N3O2S. The lowest BCUT2D eigenvalue weighted by Gasteiger charge is -2.12. The van der Waals surface area contributed by atoms with Gasteiger partial charge in [-0.2, -0.15) is 0 Å². The predicted octanol–water partition coefficient (Wildman–Crippen LogP) is 2.74. The second-order valence-corrected chi connectivity index (χ2v) is 5.48. The van der Waals surface area contributed by atoms with E-state index in [1.807, 2.05) is 17.5 Å². The van der Waals surface area contributed by atoms with Crippen molar-refractivity contribution in [1.29, 1.82) is 0 Å². The van der Waals surface area contributed by atoms with Gasteiger partial charge in [-0.3, -0.25) is 4.79 Å². The number of benzene rings is 1. The summed E-state index contributed by atoms with van der Waals surface area (Å²) in [6, 6.07) is 8.85. The van der Waals surface area contributed by atoms with Gasteiger partial charge in [-0.15, -0.1) is 11.3 Å². The first kappa shape index (κ1) is 15.1. The van der Waals surface area contributed by atoms with Crippen LogP contribution in [-0.2, 0) is 6.54 Å². The molecule has 5 nitrogen and oxygen atoms in total. The quantitative estimate of drug-likeness (QED) is 0.813. The molecule has 6 heteroatoms. The lowest BCUT2D eigenvalue weighted by molar-refractivity contribution is 0.0962. The van der Waals surface area contributed by atoms with Crippen LogP contribution in [0.1, 0.15) is 20.8 Å². The van der Waals surface area contributed by atoms with E-state index in [0.717, 1.165) is 10.4 Å². The van der Waals surface area contributed by atoms with Crippen LogP contribution >= 0.6 is 11.3 Å². The molecule has 1 heterocycles. The Morgan fingerprint density at radius 2 is 2.00 bits per heavy atom. The van der Waals surface area contributed by atoms with E-state index in [1.165, 1.54) is 0 Å². The van der Waals surface area contributed by atoms with Crippen molar-refractivity contribution in [2.45, 2.75) is 13.5 Å². The van der Waals surface area contributed by atoms with Crippen LogP contribution in [0.2, 0.25) is 0 Å². The average Bonchev–Trinajstić information content (AvgIpc) is 3.00. The minimum Gasteiger partial charge on any atom is -0.355 e. The summed E-state index contributed by atoms with van der Waals surface area (Å²) in [6.45, 7) is 2.29. The van der Waals surface area contributed by atoms with E-state index >= 15 is 0 Å². The van der Waals surface area contributed by atoms with Crippen LogP contribution in [0.25, 0.3) is 0 Å². The Morgan fingerprint density at radius 1 is 1.19 bits per heavy atom. The molecule has 1 aromatic carbocycles. The van der Waals surface area contributed by atoms with Gasteiger partial charge in [0.2, 0.25) is 0 Å². The highest BCUT2D eigenvalue weighted by Crippen LogP contribution is 2.18. The first-order chi connectivity index (χ1) is 10.1. The van der Waals surface area contributed by atoms with Crippen LogP contribution in [0, 0.1) is 6.92 Å². The van der Waals surface area contributed by atoms with Crippen molar-refractivity contribution in [3.8, 4) is 0 Å². The number of hydrogen-bond acceptors (Lipinski definition) is 3. The number of urea groups is 1. The van der Waals surface area contributed by atoms with E-state index in [-0.39, 0.29) is 11.9 Å². The van der Waals surface area contributed by atoms with Gasteiger partial charge in [0, 0.05) is 23.2 Å². The number of rotatable bonds is 4. The molecule has 0 spiro atoms. The Labute approximate surface area is 127 Å². The molecule has 1 aromatic heterocycles. The van der Waals surface area contributed by atoms with Crippen LogP contribution in [-0.4, -0.2) is 19.0 Å². The van der Waals surface area contributed by atoms with Crippen LogP contribution < -0.4 is 16.0 Å². The fourth-order valence-electron chi connectivity index (χ4n) is 1.90. The maximum atomic E-state index is 11.9. The third-order valence-corrected chi connectivity index (χ3v) is 3.93. The maximum Gasteiger partial charge on any atom is 0.319 e. The predicted molar refractivity (Wildman–Crippen MR) is 84.7 cm³/mol. The molecule has 21 heavy (non-hydrogen) atoms. The molecule has 0 aliphatic carbocycles. The first-order valence-electron chi connectivity index (χ1n) is 6.50. The number of hydrogen-bond donors (Lipinski definition) is 3. The molecule has 3 amide bonds. The normalized spacial score (nSPS) is 10.0. The van der Waals surface area contributed by atoms with Crippen LogP contribution in [0.3, 0.4) is 0 Å². The Balaban J connectivity index is 2.02. The fourth-order valence-corrected chi connectivity index (χ4v) is 2.54. The molecule has 110 valence electrons. The summed E-state index contributed by atoms with van der Waals surface area (Å²) in [7, 11) is 1.58. The first-order valence-corrected chi connectivity index (χ1v) is 7.38. The summed E-state index contributed by atoms with van der Waals surface area (Å²) in [5.41, 5.74) is 1.91. The second kappa shape index (κ2) is 6.90. The lowest BCUT2D eigenvalue weighted by atomic mass is 10.1. The summed E-state index contributed by atoms with van der Waals surface area (Å²) in [4.78, 5) is 24.7. The number of thiophene rings is 1. The van der Waals surface area contributed by atoms with Gasteiger partial charge in [0.25, 0.3) is 5.91 Å². The molecule has 0 radical (unpaired) electrons. The molecular weight excluding hydrogens is 286 g/mol. The SMILES string of the molecule is CNC(=O)c1cccc(NC(=O)NCc2cccs2)c1C.